The summed E-state index contributed by atoms with van der Waals surface area (Å²) in [7, 11) is 0. The minimum atomic E-state index is -0.658. The van der Waals surface area contributed by atoms with E-state index in [1.807, 2.05) is 60.7 Å². The lowest BCUT2D eigenvalue weighted by Gasteiger charge is -2.14. The summed E-state index contributed by atoms with van der Waals surface area (Å²) >= 11 is 3.33. The molecule has 21 heavy (non-hydrogen) atoms. The molecular formula is C17H17BrN2O. The molecule has 0 fully saturated rings. The Labute approximate surface area is 133 Å². The molecule has 4 heteroatoms. The first-order valence-electron chi connectivity index (χ1n) is 6.66. The molecule has 0 saturated carbocycles. The zero-order valence-corrected chi connectivity index (χ0v) is 13.6. The highest BCUT2D eigenvalue weighted by Gasteiger charge is 2.23. The normalized spacial score (nSPS) is 10.8. The molecule has 0 aromatic heterocycles. The molecule has 2 aromatic rings. The number of nitrogens with zero attached hydrogens (tertiary/aromatic N) is 1. The Hall–Kier alpha value is -1.94. The summed E-state index contributed by atoms with van der Waals surface area (Å²) in [5, 5.41) is 4.32. The van der Waals surface area contributed by atoms with Crippen LogP contribution in [0.15, 0.2) is 65.8 Å². The Balaban J connectivity index is 2.36. The molecule has 1 amide bonds. The molecule has 0 heterocycles. The second-order valence-corrected chi connectivity index (χ2v) is 7.09. The fraction of sp³-hybridized carbons (Fsp3) is 0.176. The van der Waals surface area contributed by atoms with Gasteiger partial charge in [-0.05, 0) is 13.8 Å². The van der Waals surface area contributed by atoms with Crippen molar-refractivity contribution in [2.75, 3.05) is 0 Å². The lowest BCUT2D eigenvalue weighted by molar-refractivity contribution is -0.122. The van der Waals surface area contributed by atoms with Crippen molar-refractivity contribution in [3.8, 4) is 0 Å². The molecule has 0 spiro atoms. The largest absolute Gasteiger partial charge is 0.272 e. The molecule has 2 aromatic carbocycles. The molecule has 0 radical (unpaired) electrons. The van der Waals surface area contributed by atoms with Crippen LogP contribution < -0.4 is 5.43 Å². The molecule has 0 saturated heterocycles. The monoisotopic (exact) mass is 344 g/mol. The lowest BCUT2D eigenvalue weighted by atomic mass is 10.0. The van der Waals surface area contributed by atoms with Gasteiger partial charge in [0.1, 0.15) is 4.32 Å². The summed E-state index contributed by atoms with van der Waals surface area (Å²) in [6, 6.07) is 19.6. The second-order valence-electron chi connectivity index (χ2n) is 5.11. The number of nitrogens with one attached hydrogen (secondary N) is 1. The fourth-order valence-electron chi connectivity index (χ4n) is 1.73. The Morgan fingerprint density at radius 3 is 1.76 bits per heavy atom. The molecule has 3 nitrogen and oxygen atoms in total. The van der Waals surface area contributed by atoms with Crippen molar-refractivity contribution in [2.24, 2.45) is 5.10 Å². The smallest absolute Gasteiger partial charge is 0.256 e. The van der Waals surface area contributed by atoms with Gasteiger partial charge < -0.3 is 0 Å². The van der Waals surface area contributed by atoms with Crippen LogP contribution in [0.25, 0.3) is 0 Å². The zero-order valence-electron chi connectivity index (χ0n) is 12.0. The minimum Gasteiger partial charge on any atom is -0.272 e. The van der Waals surface area contributed by atoms with Crippen LogP contribution in [-0.4, -0.2) is 15.9 Å². The van der Waals surface area contributed by atoms with E-state index in [1.165, 1.54) is 0 Å². The number of hydrogen-bond donors (Lipinski definition) is 1. The van der Waals surface area contributed by atoms with Gasteiger partial charge in [0.25, 0.3) is 5.91 Å². The summed E-state index contributed by atoms with van der Waals surface area (Å²) in [5.41, 5.74) is 5.27. The van der Waals surface area contributed by atoms with E-state index in [0.29, 0.717) is 0 Å². The van der Waals surface area contributed by atoms with Crippen LogP contribution in [0.1, 0.15) is 25.0 Å². The average Bonchev–Trinajstić information content (AvgIpc) is 2.48. The van der Waals surface area contributed by atoms with Gasteiger partial charge in [0, 0.05) is 11.1 Å². The highest BCUT2D eigenvalue weighted by Crippen LogP contribution is 2.16. The lowest BCUT2D eigenvalue weighted by Crippen LogP contribution is -2.35. The maximum atomic E-state index is 12.0. The maximum absolute atomic E-state index is 12.0. The Bertz CT molecular complexity index is 589. The molecule has 0 aliphatic heterocycles. The van der Waals surface area contributed by atoms with Gasteiger partial charge in [-0.25, -0.2) is 5.43 Å². The molecule has 0 bridgehead atoms. The number of benzene rings is 2. The van der Waals surface area contributed by atoms with Crippen LogP contribution >= 0.6 is 15.9 Å². The summed E-state index contributed by atoms with van der Waals surface area (Å²) in [4.78, 5) is 12.0. The molecule has 0 aliphatic carbocycles. The van der Waals surface area contributed by atoms with Crippen molar-refractivity contribution in [1.29, 1.82) is 0 Å². The summed E-state index contributed by atoms with van der Waals surface area (Å²) in [5.74, 6) is -0.188. The first-order chi connectivity index (χ1) is 9.98. The fourth-order valence-corrected chi connectivity index (χ4v) is 1.82. The first kappa shape index (κ1) is 15.4. The van der Waals surface area contributed by atoms with Gasteiger partial charge in [-0.3, -0.25) is 4.79 Å². The van der Waals surface area contributed by atoms with Crippen LogP contribution in [0, 0.1) is 0 Å². The van der Waals surface area contributed by atoms with E-state index in [1.54, 1.807) is 13.8 Å². The van der Waals surface area contributed by atoms with E-state index < -0.39 is 4.32 Å². The topological polar surface area (TPSA) is 41.5 Å². The van der Waals surface area contributed by atoms with Crippen molar-refractivity contribution in [2.45, 2.75) is 18.2 Å². The third-order valence-corrected chi connectivity index (χ3v) is 3.26. The van der Waals surface area contributed by atoms with Crippen LogP contribution in [0.3, 0.4) is 0 Å². The number of rotatable bonds is 4. The highest BCUT2D eigenvalue weighted by molar-refractivity contribution is 9.10. The quantitative estimate of drug-likeness (QED) is 0.512. The predicted molar refractivity (Wildman–Crippen MR) is 89.7 cm³/mol. The third kappa shape index (κ3) is 4.26. The van der Waals surface area contributed by atoms with Crippen molar-refractivity contribution >= 4 is 27.5 Å². The number of hydrazone groups is 1. The van der Waals surface area contributed by atoms with Gasteiger partial charge in [-0.2, -0.15) is 5.10 Å². The van der Waals surface area contributed by atoms with Gasteiger partial charge in [0.05, 0.1) is 5.71 Å². The molecular weight excluding hydrogens is 328 g/mol. The van der Waals surface area contributed by atoms with E-state index in [-0.39, 0.29) is 5.91 Å². The van der Waals surface area contributed by atoms with E-state index in [0.717, 1.165) is 16.8 Å². The van der Waals surface area contributed by atoms with Gasteiger partial charge in [0.2, 0.25) is 0 Å². The molecule has 0 unspecified atom stereocenters. The maximum Gasteiger partial charge on any atom is 0.256 e. The van der Waals surface area contributed by atoms with Gasteiger partial charge in [0.15, 0.2) is 0 Å². The Morgan fingerprint density at radius 1 is 0.952 bits per heavy atom. The highest BCUT2D eigenvalue weighted by atomic mass is 79.9. The first-order valence-corrected chi connectivity index (χ1v) is 7.45. The van der Waals surface area contributed by atoms with E-state index in [4.69, 9.17) is 0 Å². The van der Waals surface area contributed by atoms with E-state index >= 15 is 0 Å². The molecule has 0 aliphatic rings. The summed E-state index contributed by atoms with van der Waals surface area (Å²) < 4.78 is -0.658. The number of alkyl halides is 1. The Morgan fingerprint density at radius 2 is 1.38 bits per heavy atom. The standard InChI is InChI=1S/C17H17BrN2O/c1-17(2,18)16(21)20-19-15(13-9-5-3-6-10-13)14-11-7-4-8-12-14/h3-12H,1-2H3,(H,20,21). The third-order valence-electron chi connectivity index (χ3n) is 2.90. The van der Waals surface area contributed by atoms with Crippen LogP contribution in [0.4, 0.5) is 0 Å². The van der Waals surface area contributed by atoms with Gasteiger partial charge in [-0.1, -0.05) is 76.6 Å². The molecule has 2 rings (SSSR count). The minimum absolute atomic E-state index is 0.188. The van der Waals surface area contributed by atoms with Gasteiger partial charge in [-0.15, -0.1) is 0 Å². The van der Waals surface area contributed by atoms with E-state index in [2.05, 4.69) is 26.5 Å². The zero-order chi connectivity index (χ0) is 15.3. The predicted octanol–water partition coefficient (Wildman–Crippen LogP) is 3.73. The van der Waals surface area contributed by atoms with Crippen molar-refractivity contribution in [1.82, 2.24) is 5.43 Å². The van der Waals surface area contributed by atoms with Crippen molar-refractivity contribution < 1.29 is 4.79 Å². The van der Waals surface area contributed by atoms with Crippen LogP contribution in [0.5, 0.6) is 0 Å². The number of hydrogen-bond acceptors (Lipinski definition) is 2. The summed E-state index contributed by atoms with van der Waals surface area (Å²) in [6.45, 7) is 3.56. The van der Waals surface area contributed by atoms with Crippen molar-refractivity contribution in [3.05, 3.63) is 71.8 Å². The van der Waals surface area contributed by atoms with Crippen LogP contribution in [0.2, 0.25) is 0 Å². The van der Waals surface area contributed by atoms with Crippen molar-refractivity contribution in [3.63, 3.8) is 0 Å². The van der Waals surface area contributed by atoms with Gasteiger partial charge >= 0.3 is 0 Å². The average molecular weight is 345 g/mol. The molecule has 1 N–H and O–H groups in total. The second kappa shape index (κ2) is 6.68. The molecule has 0 atom stereocenters. The Kier molecular flexibility index (Phi) is 4.91. The van der Waals surface area contributed by atoms with Crippen LogP contribution in [-0.2, 0) is 4.79 Å². The SMILES string of the molecule is CC(C)(Br)C(=O)NN=C(c1ccccc1)c1ccccc1. The molecule has 108 valence electrons. The number of carbonyl (C=O) groups excluding carboxylic acids is 1. The number of halogens is 1. The number of amides is 1. The number of carbonyl (C=O) groups is 1. The summed E-state index contributed by atoms with van der Waals surface area (Å²) in [6.07, 6.45) is 0. The van der Waals surface area contributed by atoms with E-state index in [9.17, 15) is 4.79 Å².